The molecule has 0 aliphatic heterocycles. The van der Waals surface area contributed by atoms with E-state index < -0.39 is 0 Å². The summed E-state index contributed by atoms with van der Waals surface area (Å²) in [7, 11) is 0. The lowest BCUT2D eigenvalue weighted by atomic mass is 9.81. The maximum absolute atomic E-state index is 2.48. The molecule has 2 heteroatoms. The standard InChI is InChI=1S/C67H50N2/c1-67(2)63-45-59(68(55-35-27-51(28-36-55)47-17-7-3-8-18-47)56-37-29-52(30-38-56)48-19-9-4-10-20-48)43-44-62(63)66-61-26-16-15-25-60(61)65(46-64(66)67)69(57-39-31-53(32-40-57)49-21-11-5-12-22-49)58-41-33-54(34-42-58)50-23-13-6-14-24-50/h3-46H,1-2H3. The molecule has 12 rings (SSSR count). The Morgan fingerprint density at radius 3 is 0.971 bits per heavy atom. The largest absolute Gasteiger partial charge is 0.310 e. The molecule has 1 aliphatic carbocycles. The second-order valence-electron chi connectivity index (χ2n) is 18.5. The van der Waals surface area contributed by atoms with Crippen LogP contribution in [-0.4, -0.2) is 0 Å². The first-order valence-electron chi connectivity index (χ1n) is 23.9. The van der Waals surface area contributed by atoms with Gasteiger partial charge >= 0.3 is 0 Å². The topological polar surface area (TPSA) is 6.48 Å². The fraction of sp³-hybridized carbons (Fsp3) is 0.0448. The average molecular weight is 883 g/mol. The quantitative estimate of drug-likeness (QED) is 0.135. The predicted molar refractivity (Wildman–Crippen MR) is 293 cm³/mol. The molecule has 11 aromatic carbocycles. The van der Waals surface area contributed by atoms with Gasteiger partial charge in [0.15, 0.2) is 0 Å². The van der Waals surface area contributed by atoms with E-state index in [9.17, 15) is 0 Å². The summed E-state index contributed by atoms with van der Waals surface area (Å²) in [5.41, 5.74) is 21.2. The SMILES string of the molecule is CC1(C)c2cc(N(c3ccc(-c4ccccc4)cc3)c3ccc(-c4ccccc4)cc3)ccc2-c2c1cc(N(c1ccc(-c3ccccc3)cc1)c1ccc(-c3ccccc3)cc1)c1ccccc21. The molecule has 11 aromatic rings. The zero-order valence-corrected chi connectivity index (χ0v) is 38.8. The van der Waals surface area contributed by atoms with Crippen LogP contribution in [0, 0.1) is 0 Å². The van der Waals surface area contributed by atoms with Crippen molar-refractivity contribution in [2.75, 3.05) is 9.80 Å². The van der Waals surface area contributed by atoms with Gasteiger partial charge in [-0.2, -0.15) is 0 Å². The minimum atomic E-state index is -0.320. The Bertz CT molecular complexity index is 3400. The molecule has 1 aliphatic rings. The van der Waals surface area contributed by atoms with Crippen LogP contribution in [0.2, 0.25) is 0 Å². The Balaban J connectivity index is 0.991. The minimum absolute atomic E-state index is 0.320. The third-order valence-corrected chi connectivity index (χ3v) is 14.1. The van der Waals surface area contributed by atoms with Gasteiger partial charge in [-0.3, -0.25) is 0 Å². The smallest absolute Gasteiger partial charge is 0.0543 e. The van der Waals surface area contributed by atoms with Crippen LogP contribution in [0.5, 0.6) is 0 Å². The van der Waals surface area contributed by atoms with Gasteiger partial charge in [-0.25, -0.2) is 0 Å². The zero-order chi connectivity index (χ0) is 46.3. The van der Waals surface area contributed by atoms with E-state index in [0.717, 1.165) is 34.1 Å². The van der Waals surface area contributed by atoms with Crippen LogP contribution in [-0.2, 0) is 5.41 Å². The van der Waals surface area contributed by atoms with Crippen molar-refractivity contribution >= 4 is 44.9 Å². The van der Waals surface area contributed by atoms with Crippen molar-refractivity contribution in [2.24, 2.45) is 0 Å². The van der Waals surface area contributed by atoms with Crippen molar-refractivity contribution in [1.82, 2.24) is 0 Å². The number of anilines is 6. The molecule has 328 valence electrons. The van der Waals surface area contributed by atoms with E-state index in [1.807, 2.05) is 0 Å². The zero-order valence-electron chi connectivity index (χ0n) is 38.8. The molecule has 0 saturated carbocycles. The predicted octanol–water partition coefficient (Wildman–Crippen LogP) is 18.8. The summed E-state index contributed by atoms with van der Waals surface area (Å²) in [6.07, 6.45) is 0. The second kappa shape index (κ2) is 17.5. The van der Waals surface area contributed by atoms with Crippen molar-refractivity contribution in [1.29, 1.82) is 0 Å². The fourth-order valence-electron chi connectivity index (χ4n) is 10.5. The summed E-state index contributed by atoms with van der Waals surface area (Å²) in [6, 6.07) is 97.2. The number of benzene rings is 11. The van der Waals surface area contributed by atoms with Gasteiger partial charge in [0.05, 0.1) is 5.69 Å². The van der Waals surface area contributed by atoms with Crippen molar-refractivity contribution < 1.29 is 0 Å². The van der Waals surface area contributed by atoms with Crippen molar-refractivity contribution in [3.8, 4) is 55.6 Å². The van der Waals surface area contributed by atoms with Crippen LogP contribution >= 0.6 is 0 Å². The summed E-state index contributed by atoms with van der Waals surface area (Å²) in [5, 5.41) is 2.46. The van der Waals surface area contributed by atoms with Crippen molar-refractivity contribution in [2.45, 2.75) is 19.3 Å². The van der Waals surface area contributed by atoms with Crippen LogP contribution < -0.4 is 9.80 Å². The Labute approximate surface area is 405 Å². The van der Waals surface area contributed by atoms with E-state index in [4.69, 9.17) is 0 Å². The molecular weight excluding hydrogens is 833 g/mol. The number of rotatable bonds is 10. The first-order chi connectivity index (χ1) is 34.0. The molecule has 0 radical (unpaired) electrons. The van der Waals surface area contributed by atoms with Gasteiger partial charge in [0.25, 0.3) is 0 Å². The third-order valence-electron chi connectivity index (χ3n) is 14.1. The van der Waals surface area contributed by atoms with Gasteiger partial charge in [0.1, 0.15) is 0 Å². The number of hydrogen-bond donors (Lipinski definition) is 0. The maximum atomic E-state index is 2.48. The van der Waals surface area contributed by atoms with Crippen LogP contribution in [0.4, 0.5) is 34.1 Å². The molecule has 0 fully saturated rings. The molecular formula is C67H50N2. The van der Waals surface area contributed by atoms with Gasteiger partial charge in [-0.05, 0) is 139 Å². The molecule has 0 saturated heterocycles. The summed E-state index contributed by atoms with van der Waals surface area (Å²) >= 11 is 0. The van der Waals surface area contributed by atoms with Crippen molar-refractivity contribution in [3.05, 3.63) is 278 Å². The highest BCUT2D eigenvalue weighted by Gasteiger charge is 2.38. The molecule has 0 N–H and O–H groups in total. The minimum Gasteiger partial charge on any atom is -0.310 e. The van der Waals surface area contributed by atoms with E-state index in [1.54, 1.807) is 0 Å². The van der Waals surface area contributed by atoms with Crippen LogP contribution in [0.1, 0.15) is 25.0 Å². The summed E-state index contributed by atoms with van der Waals surface area (Å²) in [6.45, 7) is 4.81. The number of nitrogens with zero attached hydrogens (tertiary/aromatic N) is 2. The summed E-state index contributed by atoms with van der Waals surface area (Å²) in [5.74, 6) is 0. The molecule has 0 bridgehead atoms. The Hall–Kier alpha value is -8.72. The van der Waals surface area contributed by atoms with Crippen molar-refractivity contribution in [3.63, 3.8) is 0 Å². The average Bonchev–Trinajstić information content (AvgIpc) is 3.65. The van der Waals surface area contributed by atoms with Gasteiger partial charge in [-0.15, -0.1) is 0 Å². The van der Waals surface area contributed by atoms with E-state index >= 15 is 0 Å². The fourth-order valence-corrected chi connectivity index (χ4v) is 10.5. The highest BCUT2D eigenvalue weighted by Crippen LogP contribution is 2.56. The third kappa shape index (κ3) is 7.67. The summed E-state index contributed by atoms with van der Waals surface area (Å²) < 4.78 is 0. The number of fused-ring (bicyclic) bond motifs is 5. The maximum Gasteiger partial charge on any atom is 0.0543 e. The molecule has 69 heavy (non-hydrogen) atoms. The lowest BCUT2D eigenvalue weighted by molar-refractivity contribution is 0.661. The molecule has 0 amide bonds. The van der Waals surface area contributed by atoms with E-state index in [1.165, 1.54) is 77.5 Å². The highest BCUT2D eigenvalue weighted by molar-refractivity contribution is 6.10. The lowest BCUT2D eigenvalue weighted by Crippen LogP contribution is -2.18. The normalized spacial score (nSPS) is 12.3. The van der Waals surface area contributed by atoms with Crippen LogP contribution in [0.15, 0.2) is 267 Å². The van der Waals surface area contributed by atoms with E-state index in [0.29, 0.717) is 0 Å². The number of hydrogen-bond acceptors (Lipinski definition) is 2. The molecule has 0 aromatic heterocycles. The highest BCUT2D eigenvalue weighted by atomic mass is 15.1. The van der Waals surface area contributed by atoms with Gasteiger partial charge in [0, 0.05) is 39.2 Å². The molecule has 0 spiro atoms. The first-order valence-corrected chi connectivity index (χ1v) is 23.9. The first kappa shape index (κ1) is 41.7. The summed E-state index contributed by atoms with van der Waals surface area (Å²) in [4.78, 5) is 4.86. The van der Waals surface area contributed by atoms with Gasteiger partial charge < -0.3 is 9.80 Å². The van der Waals surface area contributed by atoms with E-state index in [-0.39, 0.29) is 5.41 Å². The Morgan fingerprint density at radius 1 is 0.261 bits per heavy atom. The van der Waals surface area contributed by atoms with Gasteiger partial charge in [0.2, 0.25) is 0 Å². The lowest BCUT2D eigenvalue weighted by Gasteiger charge is -2.30. The molecule has 0 heterocycles. The molecule has 0 atom stereocenters. The molecule has 2 nitrogen and oxygen atoms in total. The Morgan fingerprint density at radius 2 is 0.580 bits per heavy atom. The Kier molecular flexibility index (Phi) is 10.6. The van der Waals surface area contributed by atoms with Crippen LogP contribution in [0.3, 0.4) is 0 Å². The van der Waals surface area contributed by atoms with Crippen LogP contribution in [0.25, 0.3) is 66.4 Å². The second-order valence-corrected chi connectivity index (χ2v) is 18.5. The monoisotopic (exact) mass is 882 g/mol. The van der Waals surface area contributed by atoms with Gasteiger partial charge in [-0.1, -0.05) is 214 Å². The van der Waals surface area contributed by atoms with E-state index in [2.05, 4.69) is 291 Å². The molecule has 0 unspecified atom stereocenters.